The molecule has 30 heavy (non-hydrogen) atoms. The number of nitrogens with two attached hydrogens (primary N) is 2. The molecule has 0 saturated heterocycles. The first-order chi connectivity index (χ1) is 12.7. The Hall–Kier alpha value is -1.05. The molecular formula is C10H9F17N2Si. The van der Waals surface area contributed by atoms with Gasteiger partial charge in [-0.25, -0.2) is 0 Å². The number of hydrogen-bond donors (Lipinski definition) is 2. The molecular weight excluding hydrogens is 499 g/mol. The van der Waals surface area contributed by atoms with E-state index >= 15 is 0 Å². The minimum atomic E-state index is -8.61. The van der Waals surface area contributed by atoms with Gasteiger partial charge in [0.2, 0.25) is 0 Å². The van der Waals surface area contributed by atoms with Gasteiger partial charge in [0.1, 0.15) is 0 Å². The van der Waals surface area contributed by atoms with Crippen molar-refractivity contribution >= 4 is 9.12 Å². The summed E-state index contributed by atoms with van der Waals surface area (Å²) in [4.78, 5) is 0. The van der Waals surface area contributed by atoms with E-state index in [9.17, 15) is 74.6 Å². The highest BCUT2D eigenvalue weighted by Crippen LogP contribution is 2.64. The molecule has 0 heterocycles. The Balaban J connectivity index is 6.55. The minimum absolute atomic E-state index is 1.41. The van der Waals surface area contributed by atoms with Crippen molar-refractivity contribution in [1.82, 2.24) is 0 Å². The highest BCUT2D eigenvalue weighted by Gasteiger charge is 2.95. The third kappa shape index (κ3) is 3.93. The summed E-state index contributed by atoms with van der Waals surface area (Å²) in [5.41, 5.74) is 0. The molecule has 0 aromatic carbocycles. The average Bonchev–Trinajstić information content (AvgIpc) is 2.50. The first-order valence-electron chi connectivity index (χ1n) is 6.89. The van der Waals surface area contributed by atoms with Crippen LogP contribution in [0.1, 0.15) is 6.42 Å². The maximum atomic E-state index is 13.3. The van der Waals surface area contributed by atoms with Crippen LogP contribution in [0.2, 0.25) is 6.04 Å². The Bertz CT molecular complexity index is 610. The molecule has 0 spiro atoms. The van der Waals surface area contributed by atoms with Crippen molar-refractivity contribution in [3.05, 3.63) is 0 Å². The van der Waals surface area contributed by atoms with Gasteiger partial charge in [0.25, 0.3) is 0 Å². The van der Waals surface area contributed by atoms with Crippen LogP contribution >= 0.6 is 0 Å². The second-order valence-corrected chi connectivity index (χ2v) is 7.76. The van der Waals surface area contributed by atoms with Gasteiger partial charge < -0.3 is 10.8 Å². The standard InChI is InChI=1S/C10H9F17N2Si/c11-3(12,1-2-30(28)29)4(13,14)5(15,16)6(17,18)7(19,20)8(21,22)9(23,24)10(25,26)27/h30H,1-2,28-29H2. The van der Waals surface area contributed by atoms with Crippen LogP contribution in [0.15, 0.2) is 0 Å². The molecule has 0 saturated carbocycles. The predicted octanol–water partition coefficient (Wildman–Crippen LogP) is 4.52. The van der Waals surface area contributed by atoms with E-state index in [0.717, 1.165) is 0 Å². The second kappa shape index (κ2) is 7.52. The first kappa shape index (κ1) is 28.9. The summed E-state index contributed by atoms with van der Waals surface area (Å²) in [6, 6.07) is -1.41. The molecule has 0 unspecified atom stereocenters. The molecule has 182 valence electrons. The third-order valence-electron chi connectivity index (χ3n) is 3.58. The molecule has 20 heteroatoms. The normalized spacial score (nSPS) is 16.4. The van der Waals surface area contributed by atoms with E-state index in [-0.39, 0.29) is 0 Å². The maximum absolute atomic E-state index is 13.3. The molecule has 0 aromatic rings. The molecule has 0 aromatic heterocycles. The lowest BCUT2D eigenvalue weighted by Crippen LogP contribution is -2.74. The van der Waals surface area contributed by atoms with Crippen LogP contribution in [0.25, 0.3) is 0 Å². The van der Waals surface area contributed by atoms with Crippen molar-refractivity contribution in [1.29, 1.82) is 0 Å². The van der Waals surface area contributed by atoms with Gasteiger partial charge in [-0.15, -0.1) is 0 Å². The van der Waals surface area contributed by atoms with Gasteiger partial charge in [-0.05, 0) is 6.04 Å². The molecule has 0 aliphatic carbocycles. The molecule has 0 fully saturated rings. The Morgan fingerprint density at radius 3 is 0.967 bits per heavy atom. The fraction of sp³-hybridized carbons (Fsp3) is 1.00. The quantitative estimate of drug-likeness (QED) is 0.356. The predicted molar refractivity (Wildman–Crippen MR) is 65.6 cm³/mol. The van der Waals surface area contributed by atoms with Crippen molar-refractivity contribution in [3.63, 3.8) is 0 Å². The fourth-order valence-electron chi connectivity index (χ4n) is 1.70. The van der Waals surface area contributed by atoms with Gasteiger partial charge in [0, 0.05) is 6.42 Å². The van der Waals surface area contributed by atoms with E-state index in [1.165, 1.54) is 0 Å². The zero-order valence-corrected chi connectivity index (χ0v) is 14.7. The van der Waals surface area contributed by atoms with E-state index < -0.39 is 69.2 Å². The second-order valence-electron chi connectivity index (χ2n) is 5.85. The van der Waals surface area contributed by atoms with Crippen molar-refractivity contribution in [2.45, 2.75) is 60.1 Å². The Morgan fingerprint density at radius 1 is 0.433 bits per heavy atom. The lowest BCUT2D eigenvalue weighted by molar-refractivity contribution is -0.461. The average molecular weight is 508 g/mol. The van der Waals surface area contributed by atoms with Crippen molar-refractivity contribution in [2.75, 3.05) is 0 Å². The monoisotopic (exact) mass is 508 g/mol. The van der Waals surface area contributed by atoms with Crippen LogP contribution in [-0.2, 0) is 0 Å². The van der Waals surface area contributed by atoms with Crippen molar-refractivity contribution < 1.29 is 74.6 Å². The van der Waals surface area contributed by atoms with E-state index in [4.69, 9.17) is 10.8 Å². The lowest BCUT2D eigenvalue weighted by Gasteiger charge is -2.42. The highest BCUT2D eigenvalue weighted by molar-refractivity contribution is 6.51. The molecule has 0 bridgehead atoms. The maximum Gasteiger partial charge on any atom is 0.460 e. The summed E-state index contributed by atoms with van der Waals surface area (Å²) in [6.45, 7) is 0. The fourth-order valence-corrected chi connectivity index (χ4v) is 2.40. The topological polar surface area (TPSA) is 52.0 Å². The van der Waals surface area contributed by atoms with Gasteiger partial charge >= 0.3 is 47.6 Å². The van der Waals surface area contributed by atoms with Gasteiger partial charge in [0.15, 0.2) is 9.12 Å². The summed E-state index contributed by atoms with van der Waals surface area (Å²) in [7, 11) is -3.28. The molecule has 0 radical (unpaired) electrons. The van der Waals surface area contributed by atoms with E-state index in [1.807, 2.05) is 0 Å². The lowest BCUT2D eigenvalue weighted by atomic mass is 9.88. The van der Waals surface area contributed by atoms with Crippen LogP contribution in [0.3, 0.4) is 0 Å². The van der Waals surface area contributed by atoms with E-state index in [1.54, 1.807) is 0 Å². The van der Waals surface area contributed by atoms with Crippen LogP contribution in [0, 0.1) is 0 Å². The molecule has 0 aliphatic heterocycles. The Kier molecular flexibility index (Phi) is 7.26. The first-order valence-corrected chi connectivity index (χ1v) is 9.04. The largest absolute Gasteiger partial charge is 0.460 e. The van der Waals surface area contributed by atoms with Crippen molar-refractivity contribution in [2.24, 2.45) is 10.8 Å². The van der Waals surface area contributed by atoms with E-state index in [2.05, 4.69) is 0 Å². The SMILES string of the molecule is N[SiH](N)CCC(F)(F)C(F)(F)C(F)(F)C(F)(F)C(F)(F)C(F)(F)C(F)(F)C(F)(F)F. The number of hydrogen-bond acceptors (Lipinski definition) is 2. The molecule has 0 amide bonds. The Morgan fingerprint density at radius 2 is 0.700 bits per heavy atom. The summed E-state index contributed by atoms with van der Waals surface area (Å²) >= 11 is 0. The van der Waals surface area contributed by atoms with Gasteiger partial charge in [0.05, 0.1) is 0 Å². The molecule has 2 nitrogen and oxygen atoms in total. The van der Waals surface area contributed by atoms with Crippen molar-refractivity contribution in [3.8, 4) is 0 Å². The van der Waals surface area contributed by atoms with Crippen LogP contribution < -0.4 is 10.8 Å². The van der Waals surface area contributed by atoms with Gasteiger partial charge in [-0.1, -0.05) is 0 Å². The molecule has 0 atom stereocenters. The summed E-state index contributed by atoms with van der Waals surface area (Å²) < 4.78 is 219. The van der Waals surface area contributed by atoms with E-state index in [0.29, 0.717) is 0 Å². The molecule has 0 rings (SSSR count). The summed E-state index contributed by atoms with van der Waals surface area (Å²) in [6.07, 6.45) is -10.3. The van der Waals surface area contributed by atoms with Gasteiger partial charge in [-0.2, -0.15) is 74.6 Å². The number of alkyl halides is 17. The number of halogens is 17. The molecule has 4 N–H and O–H groups in total. The zero-order valence-electron chi connectivity index (χ0n) is 13.6. The van der Waals surface area contributed by atoms with Gasteiger partial charge in [-0.3, -0.25) is 0 Å². The third-order valence-corrected chi connectivity index (χ3v) is 4.53. The van der Waals surface area contributed by atoms with Crippen LogP contribution in [-0.4, -0.2) is 56.8 Å². The zero-order chi connectivity index (χ0) is 25.0. The summed E-state index contributed by atoms with van der Waals surface area (Å²) in [5, 5.41) is 9.49. The van der Waals surface area contributed by atoms with Crippen LogP contribution in [0.4, 0.5) is 74.6 Å². The van der Waals surface area contributed by atoms with Crippen LogP contribution in [0.5, 0.6) is 0 Å². The highest BCUT2D eigenvalue weighted by atomic mass is 28.3. The minimum Gasteiger partial charge on any atom is -0.342 e. The summed E-state index contributed by atoms with van der Waals surface area (Å²) in [5.74, 6) is -56.1. The smallest absolute Gasteiger partial charge is 0.342 e. The number of rotatable bonds is 9. The molecule has 0 aliphatic rings. The Labute approximate surface area is 156 Å².